The fraction of sp³-hybridized carbons (Fsp3) is 0.200. The lowest BCUT2D eigenvalue weighted by Gasteiger charge is -2.17. The number of fused-ring (bicyclic) bond motifs is 1. The Labute approximate surface area is 173 Å². The van der Waals surface area contributed by atoms with Gasteiger partial charge in [0.2, 0.25) is 0 Å². The van der Waals surface area contributed by atoms with Crippen molar-refractivity contribution in [3.05, 3.63) is 64.3 Å². The standard InChI is InChI=1S/C20H17BrF2N2O4/c1-25(10-12-6-8-13(9-7-12)29-20(22)23)16(26)11-28-19(27)18-17(21)14-4-2-3-5-15(14)24-18/h2-9,20,24H,10-11H2,1H3. The molecule has 0 radical (unpaired) electrons. The van der Waals surface area contributed by atoms with E-state index in [1.54, 1.807) is 19.2 Å². The molecular formula is C20H17BrF2N2O4. The number of carbonyl (C=O) groups is 2. The lowest BCUT2D eigenvalue weighted by Crippen LogP contribution is -2.30. The third-order valence-electron chi connectivity index (χ3n) is 4.17. The largest absolute Gasteiger partial charge is 0.451 e. The van der Waals surface area contributed by atoms with Crippen molar-refractivity contribution < 1.29 is 27.8 Å². The smallest absolute Gasteiger partial charge is 0.387 e. The molecule has 0 spiro atoms. The maximum Gasteiger partial charge on any atom is 0.387 e. The number of rotatable bonds is 7. The molecule has 3 rings (SSSR count). The number of alkyl halides is 2. The molecule has 0 bridgehead atoms. The zero-order valence-electron chi connectivity index (χ0n) is 15.3. The molecule has 6 nitrogen and oxygen atoms in total. The Morgan fingerprint density at radius 3 is 2.48 bits per heavy atom. The molecule has 0 fully saturated rings. The molecule has 0 unspecified atom stereocenters. The van der Waals surface area contributed by atoms with Crippen LogP contribution < -0.4 is 4.74 Å². The van der Waals surface area contributed by atoms with E-state index in [0.29, 0.717) is 10.0 Å². The van der Waals surface area contributed by atoms with Crippen LogP contribution in [0.3, 0.4) is 0 Å². The summed E-state index contributed by atoms with van der Waals surface area (Å²) in [4.78, 5) is 28.9. The van der Waals surface area contributed by atoms with Gasteiger partial charge in [-0.2, -0.15) is 8.78 Å². The number of hydrogen-bond donors (Lipinski definition) is 1. The molecule has 1 aromatic heterocycles. The van der Waals surface area contributed by atoms with Gasteiger partial charge >= 0.3 is 12.6 Å². The van der Waals surface area contributed by atoms with E-state index in [1.165, 1.54) is 17.0 Å². The molecule has 0 saturated carbocycles. The number of likely N-dealkylation sites (N-methyl/N-ethyl adjacent to an activating group) is 1. The first kappa shape index (κ1) is 20.8. The summed E-state index contributed by atoms with van der Waals surface area (Å²) in [5.74, 6) is -1.02. The summed E-state index contributed by atoms with van der Waals surface area (Å²) < 4.78 is 34.3. The van der Waals surface area contributed by atoms with Crippen LogP contribution in [0.5, 0.6) is 5.75 Å². The van der Waals surface area contributed by atoms with E-state index in [0.717, 1.165) is 10.9 Å². The van der Waals surface area contributed by atoms with Gasteiger partial charge in [-0.3, -0.25) is 4.79 Å². The zero-order valence-corrected chi connectivity index (χ0v) is 16.9. The summed E-state index contributed by atoms with van der Waals surface area (Å²) >= 11 is 3.37. The van der Waals surface area contributed by atoms with E-state index >= 15 is 0 Å². The minimum atomic E-state index is -2.89. The first-order valence-corrected chi connectivity index (χ1v) is 9.35. The highest BCUT2D eigenvalue weighted by atomic mass is 79.9. The third-order valence-corrected chi connectivity index (χ3v) is 4.99. The van der Waals surface area contributed by atoms with Gasteiger partial charge in [-0.15, -0.1) is 0 Å². The number of H-pyrrole nitrogens is 1. The van der Waals surface area contributed by atoms with Crippen molar-refractivity contribution in [2.45, 2.75) is 13.2 Å². The number of carbonyl (C=O) groups excluding carboxylic acids is 2. The summed E-state index contributed by atoms with van der Waals surface area (Å²) in [5.41, 5.74) is 1.72. The first-order chi connectivity index (χ1) is 13.8. The lowest BCUT2D eigenvalue weighted by molar-refractivity contribution is -0.133. The molecule has 1 amide bonds. The van der Waals surface area contributed by atoms with Gasteiger partial charge in [0.1, 0.15) is 11.4 Å². The number of benzene rings is 2. The first-order valence-electron chi connectivity index (χ1n) is 8.56. The normalized spacial score (nSPS) is 10.9. The van der Waals surface area contributed by atoms with Crippen molar-refractivity contribution in [2.75, 3.05) is 13.7 Å². The van der Waals surface area contributed by atoms with Crippen LogP contribution in [0, 0.1) is 0 Å². The highest BCUT2D eigenvalue weighted by Gasteiger charge is 2.19. The number of para-hydroxylation sites is 1. The Balaban J connectivity index is 1.55. The van der Waals surface area contributed by atoms with Crippen molar-refractivity contribution >= 4 is 38.7 Å². The van der Waals surface area contributed by atoms with Crippen LogP contribution in [0.1, 0.15) is 16.1 Å². The minimum absolute atomic E-state index is 0.0376. The third kappa shape index (κ3) is 5.11. The second-order valence-electron chi connectivity index (χ2n) is 6.21. The second-order valence-corrected chi connectivity index (χ2v) is 7.00. The van der Waals surface area contributed by atoms with Crippen LogP contribution in [-0.4, -0.2) is 42.0 Å². The van der Waals surface area contributed by atoms with E-state index in [2.05, 4.69) is 25.7 Å². The van der Waals surface area contributed by atoms with E-state index in [-0.39, 0.29) is 18.0 Å². The molecule has 2 aromatic carbocycles. The van der Waals surface area contributed by atoms with Crippen LogP contribution in [0.4, 0.5) is 8.78 Å². The van der Waals surface area contributed by atoms with Gasteiger partial charge in [0.15, 0.2) is 6.61 Å². The Bertz CT molecular complexity index is 1020. The molecule has 1 heterocycles. The molecule has 0 aliphatic heterocycles. The van der Waals surface area contributed by atoms with Crippen molar-refractivity contribution in [2.24, 2.45) is 0 Å². The average molecular weight is 467 g/mol. The van der Waals surface area contributed by atoms with Crippen LogP contribution in [0.2, 0.25) is 0 Å². The molecule has 0 aliphatic rings. The Morgan fingerprint density at radius 1 is 1.14 bits per heavy atom. The number of ether oxygens (including phenoxy) is 2. The topological polar surface area (TPSA) is 71.6 Å². The van der Waals surface area contributed by atoms with Crippen LogP contribution in [-0.2, 0) is 16.1 Å². The summed E-state index contributed by atoms with van der Waals surface area (Å²) in [5, 5.41) is 0.835. The van der Waals surface area contributed by atoms with Gasteiger partial charge < -0.3 is 19.4 Å². The monoisotopic (exact) mass is 466 g/mol. The summed E-state index contributed by atoms with van der Waals surface area (Å²) in [6.07, 6.45) is 0. The van der Waals surface area contributed by atoms with Crippen LogP contribution in [0.25, 0.3) is 10.9 Å². The molecule has 0 saturated heterocycles. The number of hydrogen-bond acceptors (Lipinski definition) is 4. The molecule has 3 aromatic rings. The summed E-state index contributed by atoms with van der Waals surface area (Å²) in [7, 11) is 1.55. The SMILES string of the molecule is CN(Cc1ccc(OC(F)F)cc1)C(=O)COC(=O)c1[nH]c2ccccc2c1Br. The molecule has 152 valence electrons. The maximum atomic E-state index is 12.3. The van der Waals surface area contributed by atoms with Crippen molar-refractivity contribution in [3.63, 3.8) is 0 Å². The van der Waals surface area contributed by atoms with E-state index in [1.807, 2.05) is 24.3 Å². The molecular weight excluding hydrogens is 450 g/mol. The van der Waals surface area contributed by atoms with E-state index in [9.17, 15) is 18.4 Å². The quantitative estimate of drug-likeness (QED) is 0.525. The van der Waals surface area contributed by atoms with Gasteiger partial charge in [0, 0.05) is 24.5 Å². The Morgan fingerprint density at radius 2 is 1.83 bits per heavy atom. The number of nitrogens with zero attached hydrogens (tertiary/aromatic N) is 1. The zero-order chi connectivity index (χ0) is 21.0. The predicted octanol–water partition coefficient (Wildman–Crippen LogP) is 4.35. The fourth-order valence-electron chi connectivity index (χ4n) is 2.70. The minimum Gasteiger partial charge on any atom is -0.451 e. The number of amides is 1. The van der Waals surface area contributed by atoms with Crippen molar-refractivity contribution in [1.29, 1.82) is 0 Å². The number of halogens is 3. The summed E-state index contributed by atoms with van der Waals surface area (Å²) in [6.45, 7) is -3.09. The van der Waals surface area contributed by atoms with Gasteiger partial charge in [0.25, 0.3) is 5.91 Å². The molecule has 29 heavy (non-hydrogen) atoms. The lowest BCUT2D eigenvalue weighted by atomic mass is 10.2. The molecule has 9 heteroatoms. The van der Waals surface area contributed by atoms with Crippen LogP contribution in [0.15, 0.2) is 53.0 Å². The highest BCUT2D eigenvalue weighted by molar-refractivity contribution is 9.10. The number of nitrogens with one attached hydrogen (secondary N) is 1. The number of aromatic amines is 1. The van der Waals surface area contributed by atoms with Crippen molar-refractivity contribution in [1.82, 2.24) is 9.88 Å². The summed E-state index contributed by atoms with van der Waals surface area (Å²) in [6, 6.07) is 13.3. The van der Waals surface area contributed by atoms with Gasteiger partial charge in [-0.1, -0.05) is 30.3 Å². The Hall–Kier alpha value is -2.94. The Kier molecular flexibility index (Phi) is 6.48. The van der Waals surface area contributed by atoms with Gasteiger partial charge in [0.05, 0.1) is 4.47 Å². The second kappa shape index (κ2) is 9.04. The molecule has 0 atom stereocenters. The van der Waals surface area contributed by atoms with Crippen molar-refractivity contribution in [3.8, 4) is 5.75 Å². The maximum absolute atomic E-state index is 12.3. The number of esters is 1. The molecule has 1 N–H and O–H groups in total. The van der Waals surface area contributed by atoms with E-state index < -0.39 is 25.1 Å². The van der Waals surface area contributed by atoms with Gasteiger partial charge in [-0.05, 0) is 39.7 Å². The number of aromatic nitrogens is 1. The van der Waals surface area contributed by atoms with Crippen LogP contribution >= 0.6 is 15.9 Å². The highest BCUT2D eigenvalue weighted by Crippen LogP contribution is 2.28. The fourth-order valence-corrected chi connectivity index (χ4v) is 3.30. The predicted molar refractivity (Wildman–Crippen MR) is 106 cm³/mol. The molecule has 0 aliphatic carbocycles. The van der Waals surface area contributed by atoms with Gasteiger partial charge in [-0.25, -0.2) is 4.79 Å². The average Bonchev–Trinajstić information content (AvgIpc) is 3.04. The van der Waals surface area contributed by atoms with E-state index in [4.69, 9.17) is 4.74 Å².